The summed E-state index contributed by atoms with van der Waals surface area (Å²) in [6.07, 6.45) is 5.55. The number of rotatable bonds is 2. The molecule has 1 saturated carbocycles. The van der Waals surface area contributed by atoms with E-state index in [1.54, 1.807) is 6.07 Å². The van der Waals surface area contributed by atoms with Gasteiger partial charge in [-0.1, -0.05) is 12.1 Å². The molecule has 2 unspecified atom stereocenters. The number of hydrogen-bond acceptors (Lipinski definition) is 5. The second kappa shape index (κ2) is 6.15. The Hall–Kier alpha value is -1.85. The Morgan fingerprint density at radius 3 is 2.80 bits per heavy atom. The van der Waals surface area contributed by atoms with Gasteiger partial charge in [-0.2, -0.15) is 0 Å². The highest BCUT2D eigenvalue weighted by molar-refractivity contribution is 5.90. The van der Waals surface area contributed by atoms with Crippen LogP contribution in [-0.2, 0) is 19.6 Å². The molecule has 2 atom stereocenters. The molecule has 0 radical (unpaired) electrons. The Morgan fingerprint density at radius 1 is 1.28 bits per heavy atom. The van der Waals surface area contributed by atoms with Crippen molar-refractivity contribution >= 4 is 5.97 Å². The zero-order valence-electron chi connectivity index (χ0n) is 14.6. The summed E-state index contributed by atoms with van der Waals surface area (Å²) in [6.45, 7) is 6.11. The standard InChI is InChI=1S/C20H24O5/c1-3-19-7-8-20(24-10-11-25-20)13-15(19)6-9-23-17-12-14(18(21)22-2)4-5-16(17)19/h3-5,12,15H,1,6-11,13H2,2H3. The number of hydrogen-bond donors (Lipinski definition) is 0. The van der Waals surface area contributed by atoms with Crippen LogP contribution in [0.25, 0.3) is 0 Å². The van der Waals surface area contributed by atoms with Crippen LogP contribution in [0, 0.1) is 5.92 Å². The smallest absolute Gasteiger partial charge is 0.337 e. The number of esters is 1. The van der Waals surface area contributed by atoms with Crippen molar-refractivity contribution < 1.29 is 23.7 Å². The van der Waals surface area contributed by atoms with Crippen LogP contribution in [0.1, 0.15) is 41.6 Å². The summed E-state index contributed by atoms with van der Waals surface area (Å²) in [5.41, 5.74) is 1.43. The first-order valence-corrected chi connectivity index (χ1v) is 8.90. The molecule has 0 N–H and O–H groups in total. The van der Waals surface area contributed by atoms with Crippen molar-refractivity contribution in [3.63, 3.8) is 0 Å². The predicted octanol–water partition coefficient (Wildman–Crippen LogP) is 3.22. The maximum Gasteiger partial charge on any atom is 0.337 e. The van der Waals surface area contributed by atoms with Crippen LogP contribution in [0.5, 0.6) is 5.75 Å². The lowest BCUT2D eigenvalue weighted by Gasteiger charge is -2.47. The number of carbonyl (C=O) groups excluding carboxylic acids is 1. The molecule has 1 aromatic rings. The lowest BCUT2D eigenvalue weighted by molar-refractivity contribution is -0.195. The average Bonchev–Trinajstić information content (AvgIpc) is 3.03. The van der Waals surface area contributed by atoms with E-state index in [-0.39, 0.29) is 11.4 Å². The largest absolute Gasteiger partial charge is 0.493 e. The van der Waals surface area contributed by atoms with Crippen molar-refractivity contribution in [2.45, 2.75) is 36.9 Å². The fourth-order valence-electron chi connectivity index (χ4n) is 4.70. The molecule has 5 heteroatoms. The van der Waals surface area contributed by atoms with E-state index in [1.807, 2.05) is 12.1 Å². The van der Waals surface area contributed by atoms with Gasteiger partial charge in [-0.15, -0.1) is 6.58 Å². The molecule has 1 aliphatic carbocycles. The maximum absolute atomic E-state index is 11.9. The number of ether oxygens (including phenoxy) is 4. The third kappa shape index (κ3) is 2.57. The molecule has 2 aliphatic heterocycles. The van der Waals surface area contributed by atoms with Gasteiger partial charge in [0.05, 0.1) is 32.5 Å². The zero-order valence-corrected chi connectivity index (χ0v) is 14.6. The molecular formula is C20H24O5. The maximum atomic E-state index is 11.9. The Morgan fingerprint density at radius 2 is 2.08 bits per heavy atom. The summed E-state index contributed by atoms with van der Waals surface area (Å²) in [7, 11) is 1.39. The zero-order chi connectivity index (χ0) is 17.5. The summed E-state index contributed by atoms with van der Waals surface area (Å²) in [5, 5.41) is 0. The van der Waals surface area contributed by atoms with Crippen molar-refractivity contribution in [3.05, 3.63) is 42.0 Å². The van der Waals surface area contributed by atoms with Crippen molar-refractivity contribution in [1.29, 1.82) is 0 Å². The molecule has 5 nitrogen and oxygen atoms in total. The molecule has 2 heterocycles. The first-order chi connectivity index (χ1) is 12.1. The third-order valence-electron chi connectivity index (χ3n) is 6.01. The third-order valence-corrected chi connectivity index (χ3v) is 6.01. The Balaban J connectivity index is 1.74. The van der Waals surface area contributed by atoms with Crippen LogP contribution in [-0.4, -0.2) is 38.7 Å². The van der Waals surface area contributed by atoms with Gasteiger partial charge in [-0.3, -0.25) is 0 Å². The van der Waals surface area contributed by atoms with Gasteiger partial charge in [0.15, 0.2) is 5.79 Å². The van der Waals surface area contributed by atoms with Crippen molar-refractivity contribution in [2.75, 3.05) is 26.9 Å². The minimum Gasteiger partial charge on any atom is -0.493 e. The van der Waals surface area contributed by atoms with Crippen molar-refractivity contribution in [2.24, 2.45) is 5.92 Å². The molecule has 1 aromatic carbocycles. The van der Waals surface area contributed by atoms with Crippen molar-refractivity contribution in [3.8, 4) is 5.75 Å². The normalized spacial score (nSPS) is 29.9. The van der Waals surface area contributed by atoms with Crippen molar-refractivity contribution in [1.82, 2.24) is 0 Å². The second-order valence-corrected chi connectivity index (χ2v) is 7.09. The van der Waals surface area contributed by atoms with Gasteiger partial charge in [0.25, 0.3) is 0 Å². The molecule has 4 rings (SSSR count). The van der Waals surface area contributed by atoms with E-state index in [0.717, 1.165) is 37.0 Å². The van der Waals surface area contributed by atoms with E-state index in [2.05, 4.69) is 12.7 Å². The van der Waals surface area contributed by atoms with E-state index < -0.39 is 5.79 Å². The van der Waals surface area contributed by atoms with Crippen LogP contribution < -0.4 is 4.74 Å². The summed E-state index contributed by atoms with van der Waals surface area (Å²) in [4.78, 5) is 11.9. The van der Waals surface area contributed by atoms with E-state index in [1.165, 1.54) is 7.11 Å². The molecule has 1 spiro atoms. The predicted molar refractivity (Wildman–Crippen MR) is 91.7 cm³/mol. The summed E-state index contributed by atoms with van der Waals surface area (Å²) >= 11 is 0. The number of benzene rings is 1. The number of allylic oxidation sites excluding steroid dienone is 1. The summed E-state index contributed by atoms with van der Waals surface area (Å²) in [5.74, 6) is 0.306. The van der Waals surface area contributed by atoms with Gasteiger partial charge < -0.3 is 18.9 Å². The Bertz CT molecular complexity index is 691. The number of carbonyl (C=O) groups is 1. The van der Waals surface area contributed by atoms with Crippen LogP contribution >= 0.6 is 0 Å². The molecule has 0 amide bonds. The van der Waals surface area contributed by atoms with Gasteiger partial charge in [0.2, 0.25) is 0 Å². The molecule has 1 saturated heterocycles. The van der Waals surface area contributed by atoms with Gasteiger partial charge in [-0.05, 0) is 30.9 Å². The number of fused-ring (bicyclic) bond motifs is 3. The highest BCUT2D eigenvalue weighted by atomic mass is 16.7. The highest BCUT2D eigenvalue weighted by Crippen LogP contribution is 2.54. The van der Waals surface area contributed by atoms with Gasteiger partial charge in [-0.25, -0.2) is 4.79 Å². The first kappa shape index (κ1) is 16.6. The lowest BCUT2D eigenvalue weighted by Crippen LogP contribution is -2.47. The minimum atomic E-state index is -0.437. The minimum absolute atomic E-state index is 0.180. The molecule has 134 valence electrons. The first-order valence-electron chi connectivity index (χ1n) is 8.90. The van der Waals surface area contributed by atoms with E-state index in [4.69, 9.17) is 18.9 Å². The summed E-state index contributed by atoms with van der Waals surface area (Å²) < 4.78 is 22.8. The van der Waals surface area contributed by atoms with E-state index in [0.29, 0.717) is 31.3 Å². The highest BCUT2D eigenvalue weighted by Gasteiger charge is 2.52. The Kier molecular flexibility index (Phi) is 4.08. The monoisotopic (exact) mass is 344 g/mol. The molecule has 25 heavy (non-hydrogen) atoms. The molecule has 3 aliphatic rings. The molecule has 0 bridgehead atoms. The lowest BCUT2D eigenvalue weighted by atomic mass is 9.60. The average molecular weight is 344 g/mol. The van der Waals surface area contributed by atoms with Crippen LogP contribution in [0.2, 0.25) is 0 Å². The summed E-state index contributed by atoms with van der Waals surface area (Å²) in [6, 6.07) is 5.60. The SMILES string of the molecule is C=CC12CCC3(CC1CCOc1cc(C(=O)OC)ccc12)OCCO3. The van der Waals surface area contributed by atoms with Crippen LogP contribution in [0.3, 0.4) is 0 Å². The van der Waals surface area contributed by atoms with E-state index >= 15 is 0 Å². The second-order valence-electron chi connectivity index (χ2n) is 7.09. The molecule has 2 fully saturated rings. The topological polar surface area (TPSA) is 54.0 Å². The fourth-order valence-corrected chi connectivity index (χ4v) is 4.70. The van der Waals surface area contributed by atoms with Crippen LogP contribution in [0.4, 0.5) is 0 Å². The van der Waals surface area contributed by atoms with Gasteiger partial charge >= 0.3 is 5.97 Å². The fraction of sp³-hybridized carbons (Fsp3) is 0.550. The van der Waals surface area contributed by atoms with Crippen LogP contribution in [0.15, 0.2) is 30.9 Å². The molecule has 0 aromatic heterocycles. The molecular weight excluding hydrogens is 320 g/mol. The van der Waals surface area contributed by atoms with Gasteiger partial charge in [0.1, 0.15) is 5.75 Å². The Labute approximate surface area is 147 Å². The van der Waals surface area contributed by atoms with Gasteiger partial charge in [0, 0.05) is 23.8 Å². The quantitative estimate of drug-likeness (QED) is 0.609. The number of methoxy groups -OCH3 is 1. The van der Waals surface area contributed by atoms with E-state index in [9.17, 15) is 4.79 Å².